The van der Waals surface area contributed by atoms with Gasteiger partial charge in [-0.15, -0.1) is 12.6 Å². The Kier molecular flexibility index (Phi) is 5.29. The Labute approximate surface area is 140 Å². The molecular formula is C15H13Br2NOS. The Balaban J connectivity index is 2.14. The highest BCUT2D eigenvalue weighted by molar-refractivity contribution is 9.10. The van der Waals surface area contributed by atoms with Gasteiger partial charge in [-0.3, -0.25) is 4.79 Å². The highest BCUT2D eigenvalue weighted by Gasteiger charge is 2.14. The lowest BCUT2D eigenvalue weighted by Crippen LogP contribution is -2.26. The van der Waals surface area contributed by atoms with E-state index in [2.05, 4.69) is 44.5 Å². The molecule has 5 heteroatoms. The molecule has 2 aromatic rings. The van der Waals surface area contributed by atoms with Crippen LogP contribution in [0, 0.1) is 0 Å². The molecule has 20 heavy (non-hydrogen) atoms. The van der Waals surface area contributed by atoms with Crippen molar-refractivity contribution in [3.63, 3.8) is 0 Å². The third-order valence-electron chi connectivity index (χ3n) is 2.87. The zero-order valence-corrected chi connectivity index (χ0v) is 14.9. The van der Waals surface area contributed by atoms with Gasteiger partial charge >= 0.3 is 0 Å². The van der Waals surface area contributed by atoms with E-state index in [0.717, 1.165) is 14.5 Å². The molecule has 0 saturated carbocycles. The van der Waals surface area contributed by atoms with Crippen molar-refractivity contribution >= 4 is 50.4 Å². The summed E-state index contributed by atoms with van der Waals surface area (Å²) in [7, 11) is 1.79. The van der Waals surface area contributed by atoms with E-state index in [1.807, 2.05) is 36.4 Å². The first-order valence-corrected chi connectivity index (χ1v) is 7.99. The summed E-state index contributed by atoms with van der Waals surface area (Å²) in [6, 6.07) is 13.4. The molecular weight excluding hydrogens is 402 g/mol. The van der Waals surface area contributed by atoms with Gasteiger partial charge in [0.15, 0.2) is 0 Å². The van der Waals surface area contributed by atoms with E-state index in [0.29, 0.717) is 17.0 Å². The lowest BCUT2D eigenvalue weighted by molar-refractivity contribution is 0.0781. The second-order valence-corrected chi connectivity index (χ2v) is 6.76. The van der Waals surface area contributed by atoms with Crippen LogP contribution in [0.3, 0.4) is 0 Å². The van der Waals surface area contributed by atoms with Crippen molar-refractivity contribution in [2.75, 3.05) is 7.05 Å². The Morgan fingerprint density at radius 3 is 2.30 bits per heavy atom. The van der Waals surface area contributed by atoms with Gasteiger partial charge in [0, 0.05) is 27.4 Å². The van der Waals surface area contributed by atoms with Crippen LogP contribution in [0.1, 0.15) is 15.9 Å². The molecule has 0 spiro atoms. The molecule has 0 heterocycles. The van der Waals surface area contributed by atoms with Crippen molar-refractivity contribution in [2.24, 2.45) is 0 Å². The molecule has 0 fully saturated rings. The maximum absolute atomic E-state index is 12.4. The van der Waals surface area contributed by atoms with Gasteiger partial charge in [-0.2, -0.15) is 0 Å². The predicted molar refractivity (Wildman–Crippen MR) is 91.3 cm³/mol. The second kappa shape index (κ2) is 6.78. The maximum atomic E-state index is 12.4. The summed E-state index contributed by atoms with van der Waals surface area (Å²) in [6.07, 6.45) is 0. The topological polar surface area (TPSA) is 20.3 Å². The quantitative estimate of drug-likeness (QED) is 0.717. The minimum absolute atomic E-state index is 0.0366. The van der Waals surface area contributed by atoms with E-state index < -0.39 is 0 Å². The molecule has 0 unspecified atom stereocenters. The number of thiol groups is 1. The maximum Gasteiger partial charge on any atom is 0.255 e. The summed E-state index contributed by atoms with van der Waals surface area (Å²) in [5.74, 6) is -0.0366. The molecule has 0 N–H and O–H groups in total. The first-order chi connectivity index (χ1) is 9.47. The van der Waals surface area contributed by atoms with Gasteiger partial charge in [0.25, 0.3) is 5.91 Å². The SMILES string of the molecule is CN(Cc1ccc(Br)cc1)C(=O)c1ccc(Br)cc1S. The van der Waals surface area contributed by atoms with Gasteiger partial charge < -0.3 is 4.90 Å². The average Bonchev–Trinajstić information content (AvgIpc) is 2.40. The van der Waals surface area contributed by atoms with Crippen LogP contribution in [0.15, 0.2) is 56.3 Å². The van der Waals surface area contributed by atoms with Crippen LogP contribution in [0.4, 0.5) is 0 Å². The molecule has 104 valence electrons. The Morgan fingerprint density at radius 1 is 1.10 bits per heavy atom. The summed E-state index contributed by atoms with van der Waals surface area (Å²) in [6.45, 7) is 0.565. The van der Waals surface area contributed by atoms with Crippen molar-refractivity contribution in [3.8, 4) is 0 Å². The largest absolute Gasteiger partial charge is 0.337 e. The molecule has 2 rings (SSSR count). The molecule has 0 aliphatic rings. The number of hydrogen-bond donors (Lipinski definition) is 1. The third kappa shape index (κ3) is 3.87. The normalized spacial score (nSPS) is 10.4. The summed E-state index contributed by atoms with van der Waals surface area (Å²) in [4.78, 5) is 14.8. The number of rotatable bonds is 3. The molecule has 0 aliphatic heterocycles. The van der Waals surface area contributed by atoms with Crippen molar-refractivity contribution in [3.05, 3.63) is 62.5 Å². The number of benzene rings is 2. The van der Waals surface area contributed by atoms with E-state index in [9.17, 15) is 4.79 Å². The highest BCUT2D eigenvalue weighted by Crippen LogP contribution is 2.21. The minimum atomic E-state index is -0.0366. The second-order valence-electron chi connectivity index (χ2n) is 4.45. The number of nitrogens with zero attached hydrogens (tertiary/aromatic N) is 1. The Morgan fingerprint density at radius 2 is 1.70 bits per heavy atom. The molecule has 0 radical (unpaired) electrons. The fraction of sp³-hybridized carbons (Fsp3) is 0.133. The fourth-order valence-electron chi connectivity index (χ4n) is 1.83. The van der Waals surface area contributed by atoms with E-state index in [1.54, 1.807) is 18.0 Å². The number of carbonyl (C=O) groups is 1. The zero-order valence-electron chi connectivity index (χ0n) is 10.8. The molecule has 0 aromatic heterocycles. The van der Waals surface area contributed by atoms with E-state index in [-0.39, 0.29) is 5.91 Å². The van der Waals surface area contributed by atoms with E-state index in [4.69, 9.17) is 0 Å². The van der Waals surface area contributed by atoms with Gasteiger partial charge in [-0.25, -0.2) is 0 Å². The first-order valence-electron chi connectivity index (χ1n) is 5.96. The molecule has 2 aromatic carbocycles. The summed E-state index contributed by atoms with van der Waals surface area (Å²) in [5.41, 5.74) is 1.69. The van der Waals surface area contributed by atoms with Crippen molar-refractivity contribution in [1.82, 2.24) is 4.90 Å². The minimum Gasteiger partial charge on any atom is -0.337 e. The zero-order chi connectivity index (χ0) is 14.7. The lowest BCUT2D eigenvalue weighted by atomic mass is 10.1. The van der Waals surface area contributed by atoms with E-state index in [1.165, 1.54) is 0 Å². The molecule has 0 atom stereocenters. The molecule has 1 amide bonds. The molecule has 2 nitrogen and oxygen atoms in total. The number of hydrogen-bond acceptors (Lipinski definition) is 2. The highest BCUT2D eigenvalue weighted by atomic mass is 79.9. The van der Waals surface area contributed by atoms with Crippen LogP contribution >= 0.6 is 44.5 Å². The number of amides is 1. The van der Waals surface area contributed by atoms with Gasteiger partial charge in [0.05, 0.1) is 5.56 Å². The molecule has 0 bridgehead atoms. The third-order valence-corrected chi connectivity index (χ3v) is 4.26. The molecule has 0 saturated heterocycles. The van der Waals surface area contributed by atoms with Crippen LogP contribution in [0.5, 0.6) is 0 Å². The predicted octanol–water partition coefficient (Wildman–Crippen LogP) is 4.77. The van der Waals surface area contributed by atoms with Crippen LogP contribution < -0.4 is 0 Å². The van der Waals surface area contributed by atoms with Crippen LogP contribution in [-0.2, 0) is 6.54 Å². The smallest absolute Gasteiger partial charge is 0.255 e. The standard InChI is InChI=1S/C15H13Br2NOS/c1-18(9-10-2-4-11(16)5-3-10)15(19)13-7-6-12(17)8-14(13)20/h2-8,20H,9H2,1H3. The Bertz CT molecular complexity index is 628. The van der Waals surface area contributed by atoms with Crippen LogP contribution in [0.25, 0.3) is 0 Å². The summed E-state index contributed by atoms with van der Waals surface area (Å²) in [5, 5.41) is 0. The van der Waals surface area contributed by atoms with Crippen LogP contribution in [-0.4, -0.2) is 17.9 Å². The van der Waals surface area contributed by atoms with Gasteiger partial charge in [-0.1, -0.05) is 44.0 Å². The fourth-order valence-corrected chi connectivity index (χ4v) is 2.94. The van der Waals surface area contributed by atoms with Crippen LogP contribution in [0.2, 0.25) is 0 Å². The van der Waals surface area contributed by atoms with Gasteiger partial charge in [-0.05, 0) is 35.9 Å². The van der Waals surface area contributed by atoms with E-state index >= 15 is 0 Å². The molecule has 0 aliphatic carbocycles. The van der Waals surface area contributed by atoms with Gasteiger partial charge in [0.2, 0.25) is 0 Å². The number of halogens is 2. The summed E-state index contributed by atoms with van der Waals surface area (Å²) >= 11 is 11.1. The Hall–Kier alpha value is -0.780. The van der Waals surface area contributed by atoms with Crippen molar-refractivity contribution < 1.29 is 4.79 Å². The van der Waals surface area contributed by atoms with Gasteiger partial charge in [0.1, 0.15) is 0 Å². The van der Waals surface area contributed by atoms with Crippen molar-refractivity contribution in [2.45, 2.75) is 11.4 Å². The van der Waals surface area contributed by atoms with Crippen molar-refractivity contribution in [1.29, 1.82) is 0 Å². The lowest BCUT2D eigenvalue weighted by Gasteiger charge is -2.18. The summed E-state index contributed by atoms with van der Waals surface area (Å²) < 4.78 is 1.94. The first kappa shape index (κ1) is 15.6. The average molecular weight is 415 g/mol. The number of carbonyl (C=O) groups excluding carboxylic acids is 1. The monoisotopic (exact) mass is 413 g/mol.